The van der Waals surface area contributed by atoms with Crippen molar-refractivity contribution in [1.29, 1.82) is 5.26 Å². The third kappa shape index (κ3) is 3.43. The lowest BCUT2D eigenvalue weighted by Gasteiger charge is -2.17. The van der Waals surface area contributed by atoms with Crippen LogP contribution in [0.1, 0.15) is 21.6 Å². The third-order valence-electron chi connectivity index (χ3n) is 2.76. The van der Waals surface area contributed by atoms with Crippen molar-refractivity contribution in [2.24, 2.45) is 0 Å². The van der Waals surface area contributed by atoms with Crippen LogP contribution in [-0.4, -0.2) is 22.8 Å². The minimum Gasteiger partial charge on any atom is -0.336 e. The van der Waals surface area contributed by atoms with E-state index < -0.39 is 0 Å². The minimum atomic E-state index is -0.159. The van der Waals surface area contributed by atoms with Crippen molar-refractivity contribution in [2.45, 2.75) is 6.54 Å². The molecule has 0 bridgehead atoms. The van der Waals surface area contributed by atoms with E-state index in [-0.39, 0.29) is 5.91 Å². The highest BCUT2D eigenvalue weighted by molar-refractivity contribution is 9.10. The molecule has 2 aromatic rings. The molecule has 0 N–H and O–H groups in total. The normalized spacial score (nSPS) is 9.85. The van der Waals surface area contributed by atoms with Gasteiger partial charge >= 0.3 is 0 Å². The van der Waals surface area contributed by atoms with Crippen LogP contribution < -0.4 is 0 Å². The Labute approximate surface area is 125 Å². The Hall–Kier alpha value is -2.19. The summed E-state index contributed by atoms with van der Waals surface area (Å²) >= 11 is 3.25. The summed E-state index contributed by atoms with van der Waals surface area (Å²) < 4.78 is 0.628. The van der Waals surface area contributed by atoms with Crippen molar-refractivity contribution in [1.82, 2.24) is 9.88 Å². The molecule has 20 heavy (non-hydrogen) atoms. The van der Waals surface area contributed by atoms with Crippen molar-refractivity contribution in [2.75, 3.05) is 7.05 Å². The molecule has 0 aliphatic carbocycles. The van der Waals surface area contributed by atoms with E-state index in [1.807, 2.05) is 12.1 Å². The topological polar surface area (TPSA) is 57.0 Å². The summed E-state index contributed by atoms with van der Waals surface area (Å²) in [5.74, 6) is -0.159. The second-order valence-electron chi connectivity index (χ2n) is 4.32. The molecule has 100 valence electrons. The number of halogens is 1. The van der Waals surface area contributed by atoms with E-state index in [0.29, 0.717) is 22.4 Å². The molecule has 0 spiro atoms. The summed E-state index contributed by atoms with van der Waals surface area (Å²) in [6.45, 7) is 0.433. The van der Waals surface area contributed by atoms with E-state index in [2.05, 4.69) is 27.0 Å². The number of nitrogens with zero attached hydrogens (tertiary/aromatic N) is 3. The highest BCUT2D eigenvalue weighted by Gasteiger charge is 2.13. The van der Waals surface area contributed by atoms with Crippen LogP contribution in [-0.2, 0) is 6.54 Å². The Morgan fingerprint density at radius 2 is 2.10 bits per heavy atom. The first-order chi connectivity index (χ1) is 9.60. The fourth-order valence-corrected chi connectivity index (χ4v) is 2.15. The van der Waals surface area contributed by atoms with Gasteiger partial charge in [0.1, 0.15) is 10.3 Å². The molecule has 1 aromatic heterocycles. The van der Waals surface area contributed by atoms with Crippen LogP contribution in [0.25, 0.3) is 0 Å². The Kier molecular flexibility index (Phi) is 4.49. The zero-order chi connectivity index (χ0) is 14.5. The summed E-state index contributed by atoms with van der Waals surface area (Å²) in [7, 11) is 1.71. The zero-order valence-electron chi connectivity index (χ0n) is 10.9. The van der Waals surface area contributed by atoms with E-state index in [4.69, 9.17) is 5.26 Å². The minimum absolute atomic E-state index is 0.159. The summed E-state index contributed by atoms with van der Waals surface area (Å²) in [5, 5.41) is 8.87. The first-order valence-electron chi connectivity index (χ1n) is 5.97. The second-order valence-corrected chi connectivity index (χ2v) is 5.13. The number of nitriles is 1. The van der Waals surface area contributed by atoms with Crippen LogP contribution in [0.2, 0.25) is 0 Å². The predicted molar refractivity (Wildman–Crippen MR) is 78.9 cm³/mol. The maximum atomic E-state index is 12.2. The van der Waals surface area contributed by atoms with Crippen LogP contribution in [0.15, 0.2) is 47.1 Å². The molecule has 2 rings (SSSR count). The molecular formula is C15H12BrN3O. The highest BCUT2D eigenvalue weighted by Crippen LogP contribution is 2.11. The molecule has 1 amide bonds. The van der Waals surface area contributed by atoms with Gasteiger partial charge in [-0.05, 0) is 45.8 Å². The summed E-state index contributed by atoms with van der Waals surface area (Å²) in [4.78, 5) is 18.0. The average molecular weight is 330 g/mol. The molecule has 0 aliphatic rings. The van der Waals surface area contributed by atoms with Gasteiger partial charge in [-0.2, -0.15) is 5.26 Å². The standard InChI is InChI=1S/C15H12BrN3O/c1-19(10-12-5-2-4-11(8-12)9-17)15(20)13-6-3-7-14(16)18-13/h2-8H,10H2,1H3. The SMILES string of the molecule is CN(Cc1cccc(C#N)c1)C(=O)c1cccc(Br)n1. The quantitative estimate of drug-likeness (QED) is 0.813. The molecule has 0 saturated heterocycles. The number of pyridine rings is 1. The molecule has 5 heteroatoms. The Morgan fingerprint density at radius 1 is 1.35 bits per heavy atom. The first-order valence-corrected chi connectivity index (χ1v) is 6.76. The predicted octanol–water partition coefficient (Wildman–Crippen LogP) is 2.99. The lowest BCUT2D eigenvalue weighted by atomic mass is 10.1. The van der Waals surface area contributed by atoms with Gasteiger partial charge in [-0.25, -0.2) is 4.98 Å². The number of amides is 1. The average Bonchev–Trinajstić information content (AvgIpc) is 2.46. The molecule has 0 radical (unpaired) electrons. The number of carbonyl (C=O) groups is 1. The fourth-order valence-electron chi connectivity index (χ4n) is 1.81. The third-order valence-corrected chi connectivity index (χ3v) is 3.20. The molecule has 0 aliphatic heterocycles. The largest absolute Gasteiger partial charge is 0.336 e. The summed E-state index contributed by atoms with van der Waals surface area (Å²) in [6, 6.07) is 14.5. The number of aromatic nitrogens is 1. The fraction of sp³-hybridized carbons (Fsp3) is 0.133. The Morgan fingerprint density at radius 3 is 2.80 bits per heavy atom. The molecule has 1 aromatic carbocycles. The first kappa shape index (κ1) is 14.2. The lowest BCUT2D eigenvalue weighted by molar-refractivity contribution is 0.0779. The maximum absolute atomic E-state index is 12.2. The van der Waals surface area contributed by atoms with Crippen LogP contribution in [0.5, 0.6) is 0 Å². The molecule has 1 heterocycles. The lowest BCUT2D eigenvalue weighted by Crippen LogP contribution is -2.27. The van der Waals surface area contributed by atoms with Gasteiger partial charge in [-0.3, -0.25) is 4.79 Å². The monoisotopic (exact) mass is 329 g/mol. The maximum Gasteiger partial charge on any atom is 0.272 e. The number of benzene rings is 1. The molecular weight excluding hydrogens is 318 g/mol. The number of carbonyl (C=O) groups excluding carboxylic acids is 1. The van der Waals surface area contributed by atoms with Gasteiger partial charge in [-0.15, -0.1) is 0 Å². The van der Waals surface area contributed by atoms with Gasteiger partial charge < -0.3 is 4.90 Å². The summed E-state index contributed by atoms with van der Waals surface area (Å²) in [6.07, 6.45) is 0. The highest BCUT2D eigenvalue weighted by atomic mass is 79.9. The number of hydrogen-bond donors (Lipinski definition) is 0. The van der Waals surface area contributed by atoms with Gasteiger partial charge in [0.05, 0.1) is 11.6 Å². The Balaban J connectivity index is 2.13. The zero-order valence-corrected chi connectivity index (χ0v) is 12.5. The molecule has 0 saturated carbocycles. The second kappa shape index (κ2) is 6.31. The summed E-state index contributed by atoms with van der Waals surface area (Å²) in [5.41, 5.74) is 1.89. The van der Waals surface area contributed by atoms with Crippen LogP contribution in [0.3, 0.4) is 0 Å². The van der Waals surface area contributed by atoms with Gasteiger partial charge in [0.15, 0.2) is 0 Å². The Bertz CT molecular complexity index is 679. The van der Waals surface area contributed by atoms with Crippen LogP contribution >= 0.6 is 15.9 Å². The van der Waals surface area contributed by atoms with Gasteiger partial charge in [0, 0.05) is 13.6 Å². The molecule has 0 fully saturated rings. The van der Waals surface area contributed by atoms with E-state index in [0.717, 1.165) is 5.56 Å². The molecule has 0 atom stereocenters. The molecule has 4 nitrogen and oxygen atoms in total. The van der Waals surface area contributed by atoms with Crippen molar-refractivity contribution < 1.29 is 4.79 Å². The van der Waals surface area contributed by atoms with E-state index in [1.54, 1.807) is 42.3 Å². The van der Waals surface area contributed by atoms with Crippen molar-refractivity contribution >= 4 is 21.8 Å². The van der Waals surface area contributed by atoms with Gasteiger partial charge in [0.25, 0.3) is 5.91 Å². The van der Waals surface area contributed by atoms with Gasteiger partial charge in [0.2, 0.25) is 0 Å². The van der Waals surface area contributed by atoms with Crippen molar-refractivity contribution in [3.63, 3.8) is 0 Å². The van der Waals surface area contributed by atoms with E-state index in [9.17, 15) is 4.79 Å². The smallest absolute Gasteiger partial charge is 0.272 e. The van der Waals surface area contributed by atoms with Crippen molar-refractivity contribution in [3.05, 3.63) is 63.9 Å². The number of rotatable bonds is 3. The van der Waals surface area contributed by atoms with Crippen LogP contribution in [0.4, 0.5) is 0 Å². The van der Waals surface area contributed by atoms with E-state index >= 15 is 0 Å². The number of hydrogen-bond acceptors (Lipinski definition) is 3. The van der Waals surface area contributed by atoms with Crippen LogP contribution in [0, 0.1) is 11.3 Å². The van der Waals surface area contributed by atoms with Crippen molar-refractivity contribution in [3.8, 4) is 6.07 Å². The van der Waals surface area contributed by atoms with Gasteiger partial charge in [-0.1, -0.05) is 18.2 Å². The molecule has 0 unspecified atom stereocenters. The van der Waals surface area contributed by atoms with E-state index in [1.165, 1.54) is 0 Å².